The summed E-state index contributed by atoms with van der Waals surface area (Å²) in [7, 11) is 0. The Morgan fingerprint density at radius 3 is 2.71 bits per heavy atom. The van der Waals surface area contributed by atoms with Crippen LogP contribution in [0.1, 0.15) is 32.4 Å². The molecule has 1 fully saturated rings. The fraction of sp³-hybridized carbons (Fsp3) is 0.353. The number of halogens is 1. The van der Waals surface area contributed by atoms with Crippen molar-refractivity contribution in [2.75, 3.05) is 13.1 Å². The van der Waals surface area contributed by atoms with Crippen molar-refractivity contribution in [3.8, 4) is 0 Å². The van der Waals surface area contributed by atoms with Crippen LogP contribution in [0, 0.1) is 18.7 Å². The normalized spacial score (nSPS) is 17.2. The van der Waals surface area contributed by atoms with E-state index in [-0.39, 0.29) is 18.3 Å². The standard InChI is InChI=1S/C17H17FN2O3S/c1-10-15(16(21)20-7-6-12(9-20)17(22)23)24-14(19-10)8-11-2-4-13(18)5-3-11/h2-5,12H,6-9H2,1H3,(H,22,23)/t12-/m1/s1. The van der Waals surface area contributed by atoms with Gasteiger partial charge in [0.15, 0.2) is 0 Å². The van der Waals surface area contributed by atoms with E-state index < -0.39 is 11.9 Å². The number of carboxylic acids is 1. The lowest BCUT2D eigenvalue weighted by Gasteiger charge is -2.14. The van der Waals surface area contributed by atoms with Gasteiger partial charge in [0, 0.05) is 19.5 Å². The molecule has 1 aromatic carbocycles. The molecule has 126 valence electrons. The largest absolute Gasteiger partial charge is 0.481 e. The Labute approximate surface area is 142 Å². The van der Waals surface area contributed by atoms with Gasteiger partial charge < -0.3 is 10.0 Å². The van der Waals surface area contributed by atoms with E-state index >= 15 is 0 Å². The highest BCUT2D eigenvalue weighted by Crippen LogP contribution is 2.25. The number of carbonyl (C=O) groups is 2. The Balaban J connectivity index is 1.73. The Bertz CT molecular complexity index is 773. The number of hydrogen-bond acceptors (Lipinski definition) is 4. The van der Waals surface area contributed by atoms with Gasteiger partial charge in [0.2, 0.25) is 0 Å². The lowest BCUT2D eigenvalue weighted by atomic mass is 10.1. The van der Waals surface area contributed by atoms with Gasteiger partial charge in [-0.2, -0.15) is 0 Å². The number of aromatic nitrogens is 1. The van der Waals surface area contributed by atoms with Crippen LogP contribution in [0.25, 0.3) is 0 Å². The first-order valence-electron chi connectivity index (χ1n) is 7.67. The zero-order valence-electron chi connectivity index (χ0n) is 13.2. The number of thiazole rings is 1. The van der Waals surface area contributed by atoms with Crippen LogP contribution in [-0.4, -0.2) is 40.0 Å². The Morgan fingerprint density at radius 2 is 2.08 bits per heavy atom. The molecular formula is C17H17FN2O3S. The maximum absolute atomic E-state index is 13.0. The number of hydrogen-bond donors (Lipinski definition) is 1. The molecule has 3 rings (SSSR count). The molecular weight excluding hydrogens is 331 g/mol. The first-order chi connectivity index (χ1) is 11.4. The predicted octanol–water partition coefficient (Wildman–Crippen LogP) is 2.73. The monoisotopic (exact) mass is 348 g/mol. The number of aliphatic carboxylic acids is 1. The number of nitrogens with zero attached hydrogens (tertiary/aromatic N) is 2. The molecule has 1 saturated heterocycles. The average molecular weight is 348 g/mol. The molecule has 5 nitrogen and oxygen atoms in total. The number of likely N-dealkylation sites (tertiary alicyclic amines) is 1. The highest BCUT2D eigenvalue weighted by molar-refractivity contribution is 7.13. The fourth-order valence-electron chi connectivity index (χ4n) is 2.79. The van der Waals surface area contributed by atoms with Crippen molar-refractivity contribution >= 4 is 23.2 Å². The fourth-order valence-corrected chi connectivity index (χ4v) is 3.86. The van der Waals surface area contributed by atoms with Gasteiger partial charge in [-0.15, -0.1) is 11.3 Å². The molecule has 0 aliphatic carbocycles. The summed E-state index contributed by atoms with van der Waals surface area (Å²) in [6, 6.07) is 6.20. The maximum atomic E-state index is 13.0. The summed E-state index contributed by atoms with van der Waals surface area (Å²) in [6.45, 7) is 2.49. The van der Waals surface area contributed by atoms with Gasteiger partial charge in [-0.3, -0.25) is 9.59 Å². The maximum Gasteiger partial charge on any atom is 0.308 e. The summed E-state index contributed by atoms with van der Waals surface area (Å²) in [5, 5.41) is 9.84. The van der Waals surface area contributed by atoms with Crippen LogP contribution in [0.3, 0.4) is 0 Å². The highest BCUT2D eigenvalue weighted by atomic mass is 32.1. The third kappa shape index (κ3) is 3.46. The minimum Gasteiger partial charge on any atom is -0.481 e. The number of carboxylic acid groups (broad SMARTS) is 1. The van der Waals surface area contributed by atoms with Crippen molar-refractivity contribution in [3.63, 3.8) is 0 Å². The molecule has 1 atom stereocenters. The molecule has 7 heteroatoms. The van der Waals surface area contributed by atoms with Crippen LogP contribution < -0.4 is 0 Å². The van der Waals surface area contributed by atoms with E-state index in [2.05, 4.69) is 4.98 Å². The van der Waals surface area contributed by atoms with Crippen LogP contribution in [0.5, 0.6) is 0 Å². The smallest absolute Gasteiger partial charge is 0.308 e. The molecule has 1 aliphatic rings. The second-order valence-electron chi connectivity index (χ2n) is 5.90. The van der Waals surface area contributed by atoms with Gasteiger partial charge >= 0.3 is 5.97 Å². The van der Waals surface area contributed by atoms with E-state index in [0.717, 1.165) is 10.6 Å². The van der Waals surface area contributed by atoms with Crippen LogP contribution >= 0.6 is 11.3 Å². The Hall–Kier alpha value is -2.28. The zero-order chi connectivity index (χ0) is 17.3. The Kier molecular flexibility index (Phi) is 4.62. The number of rotatable bonds is 4. The van der Waals surface area contributed by atoms with Crippen LogP contribution in [0.15, 0.2) is 24.3 Å². The van der Waals surface area contributed by atoms with E-state index in [1.54, 1.807) is 24.0 Å². The number of amides is 1. The highest BCUT2D eigenvalue weighted by Gasteiger charge is 2.32. The molecule has 2 heterocycles. The van der Waals surface area contributed by atoms with Crippen LogP contribution in [0.2, 0.25) is 0 Å². The van der Waals surface area contributed by atoms with Gasteiger partial charge in [-0.1, -0.05) is 12.1 Å². The minimum absolute atomic E-state index is 0.154. The molecule has 0 bridgehead atoms. The summed E-state index contributed by atoms with van der Waals surface area (Å²) >= 11 is 1.32. The molecule has 1 aliphatic heterocycles. The van der Waals surface area contributed by atoms with Gasteiger partial charge in [0.05, 0.1) is 16.6 Å². The quantitative estimate of drug-likeness (QED) is 0.922. The van der Waals surface area contributed by atoms with E-state index in [4.69, 9.17) is 5.11 Å². The summed E-state index contributed by atoms with van der Waals surface area (Å²) in [5.41, 5.74) is 1.58. The average Bonchev–Trinajstić information content (AvgIpc) is 3.16. The van der Waals surface area contributed by atoms with Crippen molar-refractivity contribution in [1.29, 1.82) is 0 Å². The molecule has 2 aromatic rings. The lowest BCUT2D eigenvalue weighted by Crippen LogP contribution is -2.29. The van der Waals surface area contributed by atoms with Gasteiger partial charge in [0.25, 0.3) is 5.91 Å². The number of benzene rings is 1. The second kappa shape index (κ2) is 6.68. The van der Waals surface area contributed by atoms with Crippen LogP contribution in [0.4, 0.5) is 4.39 Å². The summed E-state index contributed by atoms with van der Waals surface area (Å²) in [5.74, 6) is -1.78. The van der Waals surface area contributed by atoms with Crippen molar-refractivity contribution in [2.45, 2.75) is 19.8 Å². The molecule has 1 N–H and O–H groups in total. The molecule has 1 amide bonds. The van der Waals surface area contributed by atoms with Crippen molar-refractivity contribution < 1.29 is 19.1 Å². The van der Waals surface area contributed by atoms with E-state index in [1.807, 2.05) is 0 Å². The third-order valence-electron chi connectivity index (χ3n) is 4.13. The van der Waals surface area contributed by atoms with E-state index in [0.29, 0.717) is 30.0 Å². The lowest BCUT2D eigenvalue weighted by molar-refractivity contribution is -0.141. The molecule has 0 spiro atoms. The molecule has 0 radical (unpaired) electrons. The van der Waals surface area contributed by atoms with Gasteiger partial charge in [-0.05, 0) is 31.0 Å². The van der Waals surface area contributed by atoms with Gasteiger partial charge in [0.1, 0.15) is 10.7 Å². The first kappa shape index (κ1) is 16.6. The second-order valence-corrected chi connectivity index (χ2v) is 6.98. The zero-order valence-corrected chi connectivity index (χ0v) is 14.0. The number of carbonyl (C=O) groups excluding carboxylic acids is 1. The predicted molar refractivity (Wildman–Crippen MR) is 87.7 cm³/mol. The first-order valence-corrected chi connectivity index (χ1v) is 8.48. The molecule has 0 saturated carbocycles. The molecule has 1 aromatic heterocycles. The topological polar surface area (TPSA) is 70.5 Å². The SMILES string of the molecule is Cc1nc(Cc2ccc(F)cc2)sc1C(=O)N1CC[C@@H](C(=O)O)C1. The summed E-state index contributed by atoms with van der Waals surface area (Å²) in [4.78, 5) is 30.2. The summed E-state index contributed by atoms with van der Waals surface area (Å²) < 4.78 is 13.0. The molecule has 24 heavy (non-hydrogen) atoms. The number of aryl methyl sites for hydroxylation is 1. The van der Waals surface area contributed by atoms with Crippen molar-refractivity contribution in [2.24, 2.45) is 5.92 Å². The van der Waals surface area contributed by atoms with Crippen molar-refractivity contribution in [3.05, 3.63) is 51.2 Å². The third-order valence-corrected chi connectivity index (χ3v) is 5.27. The Morgan fingerprint density at radius 1 is 1.38 bits per heavy atom. The minimum atomic E-state index is -0.858. The summed E-state index contributed by atoms with van der Waals surface area (Å²) in [6.07, 6.45) is 1.03. The van der Waals surface area contributed by atoms with Crippen molar-refractivity contribution in [1.82, 2.24) is 9.88 Å². The van der Waals surface area contributed by atoms with E-state index in [1.165, 1.54) is 23.5 Å². The van der Waals surface area contributed by atoms with Gasteiger partial charge in [-0.25, -0.2) is 9.37 Å². The molecule has 0 unspecified atom stereocenters. The van der Waals surface area contributed by atoms with Crippen LogP contribution in [-0.2, 0) is 11.2 Å². The van der Waals surface area contributed by atoms with E-state index in [9.17, 15) is 14.0 Å².